The number of benzene rings is 3. The molecule has 26 heteroatoms. The van der Waals surface area contributed by atoms with Gasteiger partial charge in [-0.2, -0.15) is 18.4 Å². The number of sulfonamides is 1. The van der Waals surface area contributed by atoms with Crippen LogP contribution in [0.3, 0.4) is 0 Å². The number of quaternary nitrogens is 1. The van der Waals surface area contributed by atoms with E-state index < -0.39 is 79.6 Å². The molecule has 82 heavy (non-hydrogen) atoms. The summed E-state index contributed by atoms with van der Waals surface area (Å²) >= 11 is 0. The highest BCUT2D eigenvalue weighted by Crippen LogP contribution is 2.44. The van der Waals surface area contributed by atoms with E-state index in [1.807, 2.05) is 6.07 Å². The number of halogens is 3. The molecular weight excluding hydrogens is 1090 g/mol. The number of pyridine rings is 1. The molecule has 4 aliphatic heterocycles. The average Bonchev–Trinajstić information content (AvgIpc) is 4.28. The molecule has 0 radical (unpaired) electrons. The second-order valence-corrected chi connectivity index (χ2v) is 23.9. The molecule has 3 aromatic carbocycles. The Kier molecular flexibility index (Phi) is 16.2. The van der Waals surface area contributed by atoms with Crippen LogP contribution in [-0.2, 0) is 73.8 Å². The van der Waals surface area contributed by atoms with E-state index in [1.165, 1.54) is 34.1 Å². The largest absolute Gasteiger partial charge is 0.443 e. The number of aryl methyl sites for hydroxylation is 1. The van der Waals surface area contributed by atoms with Gasteiger partial charge in [0, 0.05) is 84.5 Å². The first-order valence-corrected chi connectivity index (χ1v) is 27.9. The number of rotatable bonds is 19. The number of hydrogen-bond acceptors (Lipinski definition) is 15. The van der Waals surface area contributed by atoms with Gasteiger partial charge in [-0.15, -0.1) is 15.1 Å². The van der Waals surface area contributed by atoms with Crippen molar-refractivity contribution in [3.05, 3.63) is 135 Å². The number of ether oxygens (including phenoxy) is 2. The van der Waals surface area contributed by atoms with E-state index >= 15 is 13.2 Å². The van der Waals surface area contributed by atoms with E-state index in [0.29, 0.717) is 41.9 Å². The molecule has 22 nitrogen and oxygen atoms in total. The Labute approximate surface area is 470 Å². The minimum absolute atomic E-state index is 0.0149. The quantitative estimate of drug-likeness (QED) is 0.0465. The molecule has 2 saturated heterocycles. The molecule has 0 saturated carbocycles. The maximum atomic E-state index is 15.5. The van der Waals surface area contributed by atoms with Gasteiger partial charge in [-0.3, -0.25) is 38.6 Å². The average molecular weight is 1150 g/mol. The fourth-order valence-electron chi connectivity index (χ4n) is 11.0. The van der Waals surface area contributed by atoms with Crippen LogP contribution in [-0.4, -0.2) is 119 Å². The number of nitrogens with one attached hydrogen (secondary N) is 2. The number of anilines is 3. The highest BCUT2D eigenvalue weighted by Gasteiger charge is 2.46. The lowest BCUT2D eigenvalue weighted by molar-refractivity contribution is -0.960. The van der Waals surface area contributed by atoms with Gasteiger partial charge >= 0.3 is 12.3 Å². The van der Waals surface area contributed by atoms with Crippen molar-refractivity contribution in [2.24, 2.45) is 18.1 Å². The van der Waals surface area contributed by atoms with Gasteiger partial charge < -0.3 is 23.8 Å². The Balaban J connectivity index is 0.975. The summed E-state index contributed by atoms with van der Waals surface area (Å²) in [6.45, 7) is 8.25. The van der Waals surface area contributed by atoms with Crippen LogP contribution in [0.4, 0.5) is 41.0 Å². The number of nitriles is 1. The summed E-state index contributed by atoms with van der Waals surface area (Å²) in [6.07, 6.45) is -0.107. The molecule has 0 bridgehead atoms. The van der Waals surface area contributed by atoms with E-state index in [1.54, 1.807) is 63.0 Å². The van der Waals surface area contributed by atoms with Crippen molar-refractivity contribution in [2.45, 2.75) is 95.1 Å². The highest BCUT2D eigenvalue weighted by molar-refractivity contribution is 7.92. The number of carbonyl (C=O) groups excluding carboxylic acids is 5. The van der Waals surface area contributed by atoms with Gasteiger partial charge in [0.1, 0.15) is 53.1 Å². The van der Waals surface area contributed by atoms with Crippen molar-refractivity contribution in [1.29, 1.82) is 5.26 Å². The number of alkyl halides is 3. The van der Waals surface area contributed by atoms with Crippen LogP contribution in [0.5, 0.6) is 0 Å². The van der Waals surface area contributed by atoms with Gasteiger partial charge in [0.05, 0.1) is 50.9 Å². The fraction of sp³-hybridized carbons (Fsp3) is 0.411. The Morgan fingerprint density at radius 2 is 1.72 bits per heavy atom. The monoisotopic (exact) mass is 1150 g/mol. The molecule has 5 amide bonds. The predicted molar refractivity (Wildman–Crippen MR) is 290 cm³/mol. The first kappa shape index (κ1) is 58.3. The normalized spacial score (nSPS) is 18.7. The van der Waals surface area contributed by atoms with E-state index in [-0.39, 0.29) is 91.3 Å². The van der Waals surface area contributed by atoms with Crippen molar-refractivity contribution < 1.29 is 59.5 Å². The zero-order valence-electron chi connectivity index (χ0n) is 45.7. The molecule has 4 aliphatic rings. The van der Waals surface area contributed by atoms with Crippen molar-refractivity contribution in [2.75, 3.05) is 60.5 Å². The molecule has 6 heterocycles. The summed E-state index contributed by atoms with van der Waals surface area (Å²) in [7, 11) is -2.68. The fourth-order valence-corrected chi connectivity index (χ4v) is 12.1. The first-order valence-electron chi connectivity index (χ1n) is 26.4. The molecule has 430 valence electrons. The van der Waals surface area contributed by atoms with E-state index in [0.717, 1.165) is 53.7 Å². The molecule has 2 aromatic heterocycles. The lowest BCUT2D eigenvalue weighted by Gasteiger charge is -2.44. The topological polar surface area (TPSA) is 269 Å². The van der Waals surface area contributed by atoms with Crippen LogP contribution in [0.2, 0.25) is 0 Å². The highest BCUT2D eigenvalue weighted by atomic mass is 32.2. The summed E-state index contributed by atoms with van der Waals surface area (Å²) in [5.41, 5.74) is -2.05. The number of carbonyl (C=O) groups is 5. The summed E-state index contributed by atoms with van der Waals surface area (Å²) in [6, 6.07) is 17.6. The number of imide groups is 1. The molecule has 2 N–H and O–H groups in total. The maximum Gasteiger partial charge on any atom is 0.416 e. The van der Waals surface area contributed by atoms with Gasteiger partial charge in [-0.05, 0) is 105 Å². The van der Waals surface area contributed by atoms with Crippen LogP contribution in [0.1, 0.15) is 101 Å². The lowest BCUT2D eigenvalue weighted by Crippen LogP contribution is -2.52. The zero-order chi connectivity index (χ0) is 58.9. The van der Waals surface area contributed by atoms with Gasteiger partial charge in [0.15, 0.2) is 0 Å². The number of piperidine rings is 1. The second kappa shape index (κ2) is 22.9. The summed E-state index contributed by atoms with van der Waals surface area (Å²) in [5, 5.41) is 23.3. The predicted octanol–water partition coefficient (Wildman–Crippen LogP) is 7.36. The van der Waals surface area contributed by atoms with Crippen LogP contribution < -0.4 is 19.8 Å². The Hall–Kier alpha value is -8.41. The molecule has 5 aromatic rings. The van der Waals surface area contributed by atoms with Crippen molar-refractivity contribution in [3.63, 3.8) is 0 Å². The maximum absolute atomic E-state index is 15.5. The molecule has 0 aliphatic carbocycles. The molecule has 2 fully saturated rings. The number of likely N-dealkylation sites (tertiary alicyclic amines) is 1. The number of hydrogen-bond donors (Lipinski definition) is 2. The van der Waals surface area contributed by atoms with Gasteiger partial charge in [-0.25, -0.2) is 18.2 Å². The van der Waals surface area contributed by atoms with Gasteiger partial charge in [0.2, 0.25) is 0 Å². The van der Waals surface area contributed by atoms with Gasteiger partial charge in [0.25, 0.3) is 33.7 Å². The van der Waals surface area contributed by atoms with Crippen LogP contribution in [0, 0.1) is 22.2 Å². The standard InChI is InChI=1S/C56H59F3N12O10S/c1-35-8-6-21-71(29-35,30-36-9-12-40(13-10-36)66-82(78,79)45-14-11-38(24-44(45)65-77)51(74)61-18-20-69-49(72)15-16-50(69)73)31-37-22-41-42(43(23-37)56(57,58)59)28-70(52(41)75)47-26-39(55(32-80-33-55)27-48-64-62-34-67(48)5)25-46(63-47)68(19-7-17-60)53(76)81-54(2,3)4/h9-16,22-26,34-35,66H,6-8,18-21,27-33H2,1-5H3/p+1/t35-,71?/m0/s1. The first-order chi connectivity index (χ1) is 38.8. The Morgan fingerprint density at radius 3 is 2.34 bits per heavy atom. The smallest absolute Gasteiger partial charge is 0.416 e. The molecule has 0 spiro atoms. The second-order valence-electron chi connectivity index (χ2n) is 22.3. The zero-order valence-corrected chi connectivity index (χ0v) is 46.5. The van der Waals surface area contributed by atoms with Crippen LogP contribution in [0.15, 0.2) is 95.3 Å². The van der Waals surface area contributed by atoms with E-state index in [4.69, 9.17) is 14.5 Å². The Morgan fingerprint density at radius 1 is 1.00 bits per heavy atom. The van der Waals surface area contributed by atoms with E-state index in [9.17, 15) is 42.6 Å². The van der Waals surface area contributed by atoms with Crippen LogP contribution >= 0.6 is 0 Å². The van der Waals surface area contributed by atoms with Crippen LogP contribution in [0.25, 0.3) is 0 Å². The summed E-state index contributed by atoms with van der Waals surface area (Å²) in [5.74, 6) is -1.73. The van der Waals surface area contributed by atoms with E-state index in [2.05, 4.69) is 32.3 Å². The SMILES string of the molecule is C[C@H]1CCC[N+](Cc2ccc(NS(=O)(=O)c3ccc(C(=O)NCCN4C(=O)C=CC4=O)cc3N=O)cc2)(Cc2cc3c(c(C(F)(F)F)c2)CN(c2cc(C4(Cc5nncn5C)COC4)cc(N(CCC#N)C(=O)OC(C)(C)C)n2)C3=O)C1. The summed E-state index contributed by atoms with van der Waals surface area (Å²) < 4.78 is 89.7. The number of aromatic nitrogens is 4. The minimum Gasteiger partial charge on any atom is -0.443 e. The third-order valence-corrected chi connectivity index (χ3v) is 16.3. The Bertz CT molecular complexity index is 3540. The third kappa shape index (κ3) is 12.6. The molecular formula is C56H60F3N12O10S+. The third-order valence-electron chi connectivity index (χ3n) is 14.9. The number of amides is 5. The molecule has 9 rings (SSSR count). The number of nitrogens with zero attached hydrogens (tertiary/aromatic N) is 10. The molecule has 1 unspecified atom stereocenters. The number of fused-ring (bicyclic) bond motifs is 1. The van der Waals surface area contributed by atoms with Crippen molar-refractivity contribution in [3.8, 4) is 6.07 Å². The van der Waals surface area contributed by atoms with Crippen molar-refractivity contribution >= 4 is 62.8 Å². The van der Waals surface area contributed by atoms with Crippen molar-refractivity contribution in [1.82, 2.24) is 30.0 Å². The van der Waals surface area contributed by atoms with Gasteiger partial charge in [-0.1, -0.05) is 19.1 Å². The lowest BCUT2D eigenvalue weighted by atomic mass is 9.75. The number of nitroso groups, excluding NO2 is 1. The minimum atomic E-state index is -4.88. The molecule has 2 atom stereocenters. The summed E-state index contributed by atoms with van der Waals surface area (Å²) in [4.78, 5) is 84.7.